The molecule has 0 aliphatic rings. The van der Waals surface area contributed by atoms with E-state index in [0.717, 1.165) is 22.6 Å². The minimum Gasteiger partial charge on any atom is -0.497 e. The number of hydrogen-bond donors (Lipinski definition) is 0. The fourth-order valence-corrected chi connectivity index (χ4v) is 6.73. The second-order valence-electron chi connectivity index (χ2n) is 10.4. The maximum absolute atomic E-state index is 5.64. The lowest BCUT2D eigenvalue weighted by molar-refractivity contribution is 0.404. The van der Waals surface area contributed by atoms with Crippen molar-refractivity contribution < 1.29 is 9.47 Å². The fourth-order valence-electron chi connectivity index (χ4n) is 6.73. The second kappa shape index (κ2) is 11.8. The molecule has 0 aliphatic carbocycles. The molecule has 0 heterocycles. The summed E-state index contributed by atoms with van der Waals surface area (Å²) >= 11 is 0. The van der Waals surface area contributed by atoms with Gasteiger partial charge in [0, 0.05) is 0 Å². The number of hydrogen-bond acceptors (Lipinski definition) is 2. The van der Waals surface area contributed by atoms with E-state index in [0.29, 0.717) is 0 Å². The Bertz CT molecular complexity index is 1480. The zero-order valence-electron chi connectivity index (χ0n) is 24.0. The minimum atomic E-state index is -0.709. The van der Waals surface area contributed by atoms with Gasteiger partial charge in [0.05, 0.1) is 25.0 Å². The van der Waals surface area contributed by atoms with E-state index in [-0.39, 0.29) is 0 Å². The van der Waals surface area contributed by atoms with E-state index in [1.807, 2.05) is 0 Å². The van der Waals surface area contributed by atoms with Crippen molar-refractivity contribution in [1.29, 1.82) is 0 Å². The highest BCUT2D eigenvalue weighted by Crippen LogP contribution is 2.60. The average molecular weight is 547 g/mol. The molecule has 0 spiro atoms. The monoisotopic (exact) mass is 546 g/mol. The Balaban J connectivity index is 1.90. The molecule has 6 rings (SSSR count). The van der Waals surface area contributed by atoms with E-state index in [9.17, 15) is 0 Å². The molecule has 42 heavy (non-hydrogen) atoms. The molecule has 0 atom stereocenters. The lowest BCUT2D eigenvalue weighted by atomic mass is 9.47. The van der Waals surface area contributed by atoms with Gasteiger partial charge in [-0.15, -0.1) is 0 Å². The summed E-state index contributed by atoms with van der Waals surface area (Å²) in [6.45, 7) is 0. The molecular weight excluding hydrogens is 512 g/mol. The summed E-state index contributed by atoms with van der Waals surface area (Å²) in [5.74, 6) is 1.64. The molecule has 0 aromatic heterocycles. The largest absolute Gasteiger partial charge is 0.497 e. The molecule has 206 valence electrons. The van der Waals surface area contributed by atoms with Crippen LogP contribution in [-0.4, -0.2) is 14.2 Å². The van der Waals surface area contributed by atoms with Crippen LogP contribution in [-0.2, 0) is 10.8 Å². The summed E-state index contributed by atoms with van der Waals surface area (Å²) in [6, 6.07) is 60.8. The normalized spacial score (nSPS) is 11.6. The van der Waals surface area contributed by atoms with Crippen LogP contribution in [0.15, 0.2) is 170 Å². The van der Waals surface area contributed by atoms with Crippen LogP contribution in [0.1, 0.15) is 33.4 Å². The van der Waals surface area contributed by atoms with Crippen molar-refractivity contribution in [2.24, 2.45) is 0 Å². The molecule has 0 saturated carbocycles. The van der Waals surface area contributed by atoms with Crippen LogP contribution < -0.4 is 9.47 Å². The van der Waals surface area contributed by atoms with E-state index in [4.69, 9.17) is 9.47 Å². The van der Waals surface area contributed by atoms with Crippen molar-refractivity contribution >= 4 is 0 Å². The first-order chi connectivity index (χ1) is 20.7. The van der Waals surface area contributed by atoms with Gasteiger partial charge in [0.2, 0.25) is 0 Å². The Morgan fingerprint density at radius 1 is 0.286 bits per heavy atom. The highest BCUT2D eigenvalue weighted by atomic mass is 16.5. The van der Waals surface area contributed by atoms with Crippen LogP contribution in [0.5, 0.6) is 11.5 Å². The zero-order valence-corrected chi connectivity index (χ0v) is 24.0. The van der Waals surface area contributed by atoms with Gasteiger partial charge in [0.1, 0.15) is 11.5 Å². The summed E-state index contributed by atoms with van der Waals surface area (Å²) in [5, 5.41) is 0. The molecule has 6 aromatic rings. The Hall–Kier alpha value is -5.08. The molecular formula is C40H34O2. The molecule has 2 nitrogen and oxygen atoms in total. The van der Waals surface area contributed by atoms with E-state index in [2.05, 4.69) is 170 Å². The number of ether oxygens (including phenoxy) is 2. The predicted octanol–water partition coefficient (Wildman–Crippen LogP) is 9.07. The highest BCUT2D eigenvalue weighted by Gasteiger charge is 2.57. The van der Waals surface area contributed by atoms with E-state index in [1.165, 1.54) is 22.3 Å². The number of benzene rings is 6. The van der Waals surface area contributed by atoms with E-state index < -0.39 is 10.8 Å². The lowest BCUT2D eigenvalue weighted by Crippen LogP contribution is -2.52. The molecule has 0 unspecified atom stereocenters. The van der Waals surface area contributed by atoms with E-state index >= 15 is 0 Å². The molecule has 0 saturated heterocycles. The van der Waals surface area contributed by atoms with Gasteiger partial charge in [-0.05, 0) is 57.6 Å². The van der Waals surface area contributed by atoms with Crippen molar-refractivity contribution in [1.82, 2.24) is 0 Å². The quantitative estimate of drug-likeness (QED) is 0.168. The Labute approximate surface area is 248 Å². The van der Waals surface area contributed by atoms with Gasteiger partial charge in [0.15, 0.2) is 0 Å². The van der Waals surface area contributed by atoms with Crippen molar-refractivity contribution in [2.45, 2.75) is 10.8 Å². The number of rotatable bonds is 9. The first kappa shape index (κ1) is 27.1. The van der Waals surface area contributed by atoms with Crippen LogP contribution in [0.25, 0.3) is 0 Å². The SMILES string of the molecule is COc1ccc(C(c2ccccc2)(c2ccccc2)C(c2ccccc2)(c2ccccc2)c2ccc(OC)cc2)cc1. The van der Waals surface area contributed by atoms with Crippen molar-refractivity contribution in [2.75, 3.05) is 14.2 Å². The third-order valence-electron chi connectivity index (χ3n) is 8.44. The van der Waals surface area contributed by atoms with Gasteiger partial charge in [-0.1, -0.05) is 146 Å². The van der Waals surface area contributed by atoms with Gasteiger partial charge >= 0.3 is 0 Å². The van der Waals surface area contributed by atoms with Crippen LogP contribution in [0.4, 0.5) is 0 Å². The maximum Gasteiger partial charge on any atom is 0.118 e. The van der Waals surface area contributed by atoms with Crippen molar-refractivity contribution in [3.63, 3.8) is 0 Å². The average Bonchev–Trinajstić information content (AvgIpc) is 3.09. The summed E-state index contributed by atoms with van der Waals surface area (Å²) in [4.78, 5) is 0. The minimum absolute atomic E-state index is 0.709. The van der Waals surface area contributed by atoms with Gasteiger partial charge in [0.25, 0.3) is 0 Å². The van der Waals surface area contributed by atoms with Gasteiger partial charge in [-0.3, -0.25) is 0 Å². The molecule has 6 aromatic carbocycles. The molecule has 2 heteroatoms. The maximum atomic E-state index is 5.64. The topological polar surface area (TPSA) is 18.5 Å². The molecule has 0 aliphatic heterocycles. The Morgan fingerprint density at radius 3 is 0.714 bits per heavy atom. The molecule has 0 bridgehead atoms. The van der Waals surface area contributed by atoms with Crippen LogP contribution in [0.3, 0.4) is 0 Å². The fraction of sp³-hybridized carbons (Fsp3) is 0.100. The summed E-state index contributed by atoms with van der Waals surface area (Å²) in [7, 11) is 3.43. The first-order valence-electron chi connectivity index (χ1n) is 14.3. The van der Waals surface area contributed by atoms with Gasteiger partial charge < -0.3 is 9.47 Å². The van der Waals surface area contributed by atoms with Crippen LogP contribution in [0.2, 0.25) is 0 Å². The van der Waals surface area contributed by atoms with Crippen molar-refractivity contribution in [3.05, 3.63) is 203 Å². The molecule has 0 N–H and O–H groups in total. The van der Waals surface area contributed by atoms with Gasteiger partial charge in [-0.25, -0.2) is 0 Å². The summed E-state index contributed by atoms with van der Waals surface area (Å²) in [5.41, 5.74) is 5.64. The number of methoxy groups -OCH3 is 2. The molecule has 0 fully saturated rings. The second-order valence-corrected chi connectivity index (χ2v) is 10.4. The van der Waals surface area contributed by atoms with Gasteiger partial charge in [-0.2, -0.15) is 0 Å². The summed E-state index contributed by atoms with van der Waals surface area (Å²) in [6.07, 6.45) is 0. The predicted molar refractivity (Wildman–Crippen MR) is 172 cm³/mol. The Kier molecular flexibility index (Phi) is 7.62. The highest BCUT2D eigenvalue weighted by molar-refractivity contribution is 5.68. The first-order valence-corrected chi connectivity index (χ1v) is 14.3. The third kappa shape index (κ3) is 4.37. The summed E-state index contributed by atoms with van der Waals surface area (Å²) < 4.78 is 11.3. The van der Waals surface area contributed by atoms with Crippen LogP contribution >= 0.6 is 0 Å². The standard InChI is InChI=1S/C40H34O2/c1-41-37-27-23-35(24-28-37)39(31-15-7-3-8-16-31,32-17-9-4-10-18-32)40(33-19-11-5-12-20-33,34-21-13-6-14-22-34)36-25-29-38(42-2)30-26-36/h3-30H,1-2H3. The van der Waals surface area contributed by atoms with Crippen molar-refractivity contribution in [3.8, 4) is 11.5 Å². The van der Waals surface area contributed by atoms with Crippen LogP contribution in [0, 0.1) is 0 Å². The third-order valence-corrected chi connectivity index (χ3v) is 8.44. The lowest BCUT2D eigenvalue weighted by Gasteiger charge is -2.53. The van der Waals surface area contributed by atoms with E-state index in [1.54, 1.807) is 14.2 Å². The smallest absolute Gasteiger partial charge is 0.118 e. The molecule has 0 radical (unpaired) electrons. The Morgan fingerprint density at radius 2 is 0.500 bits per heavy atom. The molecule has 0 amide bonds. The zero-order chi connectivity index (χ0) is 28.8.